The zero-order valence-corrected chi connectivity index (χ0v) is 21.9. The van der Waals surface area contributed by atoms with Crippen LogP contribution in [-0.2, 0) is 18.9 Å². The molecule has 1 fully saturated rings. The van der Waals surface area contributed by atoms with Crippen molar-refractivity contribution in [3.8, 4) is 5.75 Å². The molecule has 1 amide bonds. The van der Waals surface area contributed by atoms with Crippen LogP contribution < -0.4 is 10.1 Å². The maximum Gasteiger partial charge on any atom is 0.513 e. The highest BCUT2D eigenvalue weighted by molar-refractivity contribution is 5.67. The van der Waals surface area contributed by atoms with Gasteiger partial charge in [0.25, 0.3) is 0 Å². The first-order valence-corrected chi connectivity index (χ1v) is 13.7. The molecular formula is C28H45NO7. The van der Waals surface area contributed by atoms with E-state index in [1.165, 1.54) is 70.6 Å². The molecule has 1 N–H and O–H groups in total. The molecule has 0 bridgehead atoms. The van der Waals surface area contributed by atoms with Gasteiger partial charge in [0.2, 0.25) is 0 Å². The molecule has 204 valence electrons. The minimum Gasteiger partial charge on any atom is -0.444 e. The zero-order chi connectivity index (χ0) is 25.7. The van der Waals surface area contributed by atoms with Gasteiger partial charge in [-0.3, -0.25) is 0 Å². The molecule has 0 saturated carbocycles. The lowest BCUT2D eigenvalue weighted by molar-refractivity contribution is -0.0960. The molecule has 36 heavy (non-hydrogen) atoms. The maximum atomic E-state index is 11.9. The van der Waals surface area contributed by atoms with Crippen LogP contribution in [0.2, 0.25) is 0 Å². The van der Waals surface area contributed by atoms with Gasteiger partial charge in [0.15, 0.2) is 6.29 Å². The molecule has 2 rings (SSSR count). The van der Waals surface area contributed by atoms with Gasteiger partial charge in [0.1, 0.15) is 25.1 Å². The third kappa shape index (κ3) is 14.9. The first-order chi connectivity index (χ1) is 17.7. The SMILES string of the molecule is CCCCCCCCCCCCCCCNC(=O)OCC1OCC(COC(=O)Oc2ccccc2)O1. The summed E-state index contributed by atoms with van der Waals surface area (Å²) in [4.78, 5) is 23.6. The first kappa shape index (κ1) is 29.9. The Morgan fingerprint density at radius 1 is 0.833 bits per heavy atom. The van der Waals surface area contributed by atoms with Crippen LogP contribution in [0, 0.1) is 0 Å². The summed E-state index contributed by atoms with van der Waals surface area (Å²) in [5, 5.41) is 2.76. The molecule has 1 aliphatic rings. The maximum absolute atomic E-state index is 11.9. The molecule has 1 aromatic carbocycles. The van der Waals surface area contributed by atoms with Crippen molar-refractivity contribution >= 4 is 12.2 Å². The molecule has 2 atom stereocenters. The van der Waals surface area contributed by atoms with Crippen LogP contribution in [0.15, 0.2) is 30.3 Å². The Bertz CT molecular complexity index is 700. The molecule has 8 heteroatoms. The molecule has 1 heterocycles. The van der Waals surface area contributed by atoms with E-state index < -0.39 is 24.6 Å². The highest BCUT2D eigenvalue weighted by atomic mass is 16.8. The van der Waals surface area contributed by atoms with Crippen molar-refractivity contribution in [1.29, 1.82) is 0 Å². The van der Waals surface area contributed by atoms with Gasteiger partial charge >= 0.3 is 12.2 Å². The molecule has 8 nitrogen and oxygen atoms in total. The summed E-state index contributed by atoms with van der Waals surface area (Å²) >= 11 is 0. The number of benzene rings is 1. The van der Waals surface area contributed by atoms with Crippen LogP contribution in [0.25, 0.3) is 0 Å². The second-order valence-corrected chi connectivity index (χ2v) is 9.26. The quantitative estimate of drug-likeness (QED) is 0.126. The zero-order valence-electron chi connectivity index (χ0n) is 21.9. The Kier molecular flexibility index (Phi) is 16.5. The Morgan fingerprint density at radius 3 is 2.08 bits per heavy atom. The normalized spacial score (nSPS) is 17.0. The van der Waals surface area contributed by atoms with Gasteiger partial charge in [-0.25, -0.2) is 9.59 Å². The average Bonchev–Trinajstić information content (AvgIpc) is 3.35. The van der Waals surface area contributed by atoms with E-state index in [4.69, 9.17) is 23.7 Å². The Hall–Kier alpha value is -2.32. The van der Waals surface area contributed by atoms with Gasteiger partial charge in [-0.15, -0.1) is 0 Å². The smallest absolute Gasteiger partial charge is 0.444 e. The standard InChI is InChI=1S/C28H45NO7/c1-2-3-4-5-6-7-8-9-10-11-12-13-17-20-29-27(30)33-23-26-32-21-25(35-26)22-34-28(31)36-24-18-15-14-16-19-24/h14-16,18-19,25-26H,2-13,17,20-23H2,1H3,(H,29,30). The van der Waals surface area contributed by atoms with E-state index in [2.05, 4.69) is 12.2 Å². The van der Waals surface area contributed by atoms with Gasteiger partial charge in [0.05, 0.1) is 6.61 Å². The number of hydrogen-bond donors (Lipinski definition) is 1. The highest BCUT2D eigenvalue weighted by Gasteiger charge is 2.28. The Morgan fingerprint density at radius 2 is 1.44 bits per heavy atom. The number of alkyl carbamates (subject to hydrolysis) is 1. The van der Waals surface area contributed by atoms with Crippen molar-refractivity contribution < 1.29 is 33.3 Å². The molecule has 0 radical (unpaired) electrons. The van der Waals surface area contributed by atoms with Gasteiger partial charge in [-0.2, -0.15) is 0 Å². The van der Waals surface area contributed by atoms with Crippen LogP contribution in [0.3, 0.4) is 0 Å². The molecule has 1 aliphatic heterocycles. The van der Waals surface area contributed by atoms with Crippen molar-refractivity contribution in [1.82, 2.24) is 5.32 Å². The Labute approximate surface area is 216 Å². The largest absolute Gasteiger partial charge is 0.513 e. The number of ether oxygens (including phenoxy) is 5. The van der Waals surface area contributed by atoms with Crippen molar-refractivity contribution in [2.24, 2.45) is 0 Å². The molecule has 0 spiro atoms. The van der Waals surface area contributed by atoms with Gasteiger partial charge in [-0.1, -0.05) is 102 Å². The number of unbranched alkanes of at least 4 members (excludes halogenated alkanes) is 12. The third-order valence-corrected chi connectivity index (χ3v) is 6.04. The molecular weight excluding hydrogens is 462 g/mol. The van der Waals surface area contributed by atoms with E-state index in [1.807, 2.05) is 6.07 Å². The summed E-state index contributed by atoms with van der Waals surface area (Å²) in [6.45, 7) is 3.08. The van der Waals surface area contributed by atoms with Crippen molar-refractivity contribution in [2.75, 3.05) is 26.4 Å². The van der Waals surface area contributed by atoms with Gasteiger partial charge < -0.3 is 29.0 Å². The summed E-state index contributed by atoms with van der Waals surface area (Å²) in [5.41, 5.74) is 0. The molecule has 2 unspecified atom stereocenters. The lowest BCUT2D eigenvalue weighted by Crippen LogP contribution is -2.29. The molecule has 0 aromatic heterocycles. The number of carbonyl (C=O) groups is 2. The van der Waals surface area contributed by atoms with Crippen molar-refractivity contribution in [3.63, 3.8) is 0 Å². The van der Waals surface area contributed by atoms with Crippen LogP contribution >= 0.6 is 0 Å². The fourth-order valence-electron chi connectivity index (χ4n) is 3.99. The first-order valence-electron chi connectivity index (χ1n) is 13.7. The highest BCUT2D eigenvalue weighted by Crippen LogP contribution is 2.15. The molecule has 1 aromatic rings. The number of hydrogen-bond acceptors (Lipinski definition) is 7. The number of carbonyl (C=O) groups excluding carboxylic acids is 2. The monoisotopic (exact) mass is 507 g/mol. The van der Waals surface area contributed by atoms with Gasteiger partial charge in [-0.05, 0) is 18.6 Å². The third-order valence-electron chi connectivity index (χ3n) is 6.04. The van der Waals surface area contributed by atoms with Crippen LogP contribution in [0.4, 0.5) is 9.59 Å². The van der Waals surface area contributed by atoms with Crippen LogP contribution in [0.1, 0.15) is 90.4 Å². The van der Waals surface area contributed by atoms with Crippen molar-refractivity contribution in [3.05, 3.63) is 30.3 Å². The second-order valence-electron chi connectivity index (χ2n) is 9.26. The van der Waals surface area contributed by atoms with Crippen LogP contribution in [0.5, 0.6) is 5.75 Å². The van der Waals surface area contributed by atoms with E-state index in [0.29, 0.717) is 12.3 Å². The second kappa shape index (κ2) is 19.8. The predicted octanol–water partition coefficient (Wildman–Crippen LogP) is 6.76. The van der Waals surface area contributed by atoms with Crippen molar-refractivity contribution in [2.45, 2.75) is 103 Å². The minimum absolute atomic E-state index is 0.00654. The topological polar surface area (TPSA) is 92.3 Å². The van der Waals surface area contributed by atoms with E-state index in [1.54, 1.807) is 24.3 Å². The summed E-state index contributed by atoms with van der Waals surface area (Å²) < 4.78 is 26.3. The summed E-state index contributed by atoms with van der Waals surface area (Å²) in [5.74, 6) is 0.405. The number of nitrogens with one attached hydrogen (secondary N) is 1. The van der Waals surface area contributed by atoms with E-state index >= 15 is 0 Å². The summed E-state index contributed by atoms with van der Waals surface area (Å²) in [6, 6.07) is 8.67. The average molecular weight is 508 g/mol. The van der Waals surface area contributed by atoms with Gasteiger partial charge in [0, 0.05) is 6.54 Å². The van der Waals surface area contributed by atoms with E-state index in [9.17, 15) is 9.59 Å². The summed E-state index contributed by atoms with van der Waals surface area (Å²) in [6.07, 6.45) is 14.4. The fraction of sp³-hybridized carbons (Fsp3) is 0.714. The fourth-order valence-corrected chi connectivity index (χ4v) is 3.99. The van der Waals surface area contributed by atoms with Crippen LogP contribution in [-0.4, -0.2) is 51.0 Å². The number of amides is 1. The number of para-hydroxylation sites is 1. The summed E-state index contributed by atoms with van der Waals surface area (Å²) in [7, 11) is 0. The lowest BCUT2D eigenvalue weighted by atomic mass is 10.0. The molecule has 1 saturated heterocycles. The van der Waals surface area contributed by atoms with E-state index in [-0.39, 0.29) is 19.8 Å². The number of rotatable bonds is 19. The predicted molar refractivity (Wildman–Crippen MR) is 138 cm³/mol. The Balaban J connectivity index is 1.36. The lowest BCUT2D eigenvalue weighted by Gasteiger charge is -2.13. The van der Waals surface area contributed by atoms with E-state index in [0.717, 1.165) is 12.8 Å². The minimum atomic E-state index is -0.808. The molecule has 0 aliphatic carbocycles.